The molecule has 11 heteroatoms. The lowest BCUT2D eigenvalue weighted by atomic mass is 10.1. The molecule has 1 atom stereocenters. The zero-order chi connectivity index (χ0) is 20.7. The van der Waals surface area contributed by atoms with Crippen molar-refractivity contribution in [2.75, 3.05) is 5.32 Å². The number of nitro groups is 1. The van der Waals surface area contributed by atoms with Crippen LogP contribution in [0.5, 0.6) is 0 Å². The van der Waals surface area contributed by atoms with Crippen LogP contribution in [-0.4, -0.2) is 25.9 Å². The monoisotopic (exact) mass is 460 g/mol. The number of carbonyl (C=O) groups excluding carboxylic acids is 1. The van der Waals surface area contributed by atoms with Crippen molar-refractivity contribution in [3.05, 3.63) is 70.3 Å². The first-order valence-electron chi connectivity index (χ1n) is 7.87. The van der Waals surface area contributed by atoms with Crippen molar-refractivity contribution in [3.63, 3.8) is 0 Å². The Balaban J connectivity index is 2.01. The number of thiocarbonyl (C=S) groups is 1. The van der Waals surface area contributed by atoms with Crippen molar-refractivity contribution in [2.45, 2.75) is 16.4 Å². The number of benzene rings is 2. The molecule has 0 unspecified atom stereocenters. The number of anilines is 1. The number of nitrogens with zero attached hydrogens (tertiary/aromatic N) is 1. The summed E-state index contributed by atoms with van der Waals surface area (Å²) in [6, 6.07) is 14.8. The zero-order valence-electron chi connectivity index (χ0n) is 14.2. The molecular formula is C17H15Cl3N4O3S. The molecule has 0 bridgehead atoms. The van der Waals surface area contributed by atoms with Crippen LogP contribution < -0.4 is 16.0 Å². The minimum absolute atomic E-state index is 0.0110. The first-order chi connectivity index (χ1) is 13.1. The molecule has 0 saturated carbocycles. The summed E-state index contributed by atoms with van der Waals surface area (Å²) >= 11 is 23.0. The van der Waals surface area contributed by atoms with Gasteiger partial charge in [0.05, 0.1) is 11.3 Å². The summed E-state index contributed by atoms with van der Waals surface area (Å²) in [5.74, 6) is -0.381. The van der Waals surface area contributed by atoms with Crippen molar-refractivity contribution in [3.8, 4) is 0 Å². The summed E-state index contributed by atoms with van der Waals surface area (Å²) in [5.41, 5.74) is 1.05. The lowest BCUT2D eigenvalue weighted by Crippen LogP contribution is -2.56. The summed E-state index contributed by atoms with van der Waals surface area (Å²) in [7, 11) is 0. The maximum absolute atomic E-state index is 12.3. The lowest BCUT2D eigenvalue weighted by Gasteiger charge is -2.27. The minimum Gasteiger partial charge on any atom is -0.339 e. The van der Waals surface area contributed by atoms with Crippen molar-refractivity contribution < 1.29 is 9.72 Å². The smallest absolute Gasteiger partial charge is 0.271 e. The van der Waals surface area contributed by atoms with Gasteiger partial charge in [0.1, 0.15) is 6.17 Å². The first kappa shape index (κ1) is 22.2. The Morgan fingerprint density at radius 3 is 2.39 bits per heavy atom. The Kier molecular flexibility index (Phi) is 7.82. The maximum atomic E-state index is 12.3. The van der Waals surface area contributed by atoms with Crippen LogP contribution in [0.3, 0.4) is 0 Å². The third-order valence-corrected chi connectivity index (χ3v) is 4.30. The number of carbonyl (C=O) groups is 1. The van der Waals surface area contributed by atoms with Gasteiger partial charge in [-0.25, -0.2) is 0 Å². The third-order valence-electron chi connectivity index (χ3n) is 3.43. The van der Waals surface area contributed by atoms with E-state index in [1.165, 1.54) is 18.2 Å². The molecular weight excluding hydrogens is 447 g/mol. The van der Waals surface area contributed by atoms with E-state index >= 15 is 0 Å². The molecule has 0 aliphatic rings. The van der Waals surface area contributed by atoms with Crippen LogP contribution >= 0.6 is 47.0 Å². The lowest BCUT2D eigenvalue weighted by molar-refractivity contribution is -0.384. The quantitative estimate of drug-likeness (QED) is 0.198. The van der Waals surface area contributed by atoms with Gasteiger partial charge in [-0.2, -0.15) is 0 Å². The molecule has 0 spiro atoms. The van der Waals surface area contributed by atoms with E-state index in [0.29, 0.717) is 5.69 Å². The Bertz CT molecular complexity index is 862. The number of halogens is 3. The Morgan fingerprint density at radius 1 is 1.11 bits per heavy atom. The molecule has 2 aromatic carbocycles. The van der Waals surface area contributed by atoms with E-state index in [1.54, 1.807) is 18.2 Å². The average molecular weight is 462 g/mol. The number of amides is 1. The Morgan fingerprint density at radius 2 is 1.79 bits per heavy atom. The second-order valence-electron chi connectivity index (χ2n) is 5.61. The highest BCUT2D eigenvalue weighted by Gasteiger charge is 2.34. The average Bonchev–Trinajstić information content (AvgIpc) is 2.61. The first-order valence-corrected chi connectivity index (χ1v) is 9.41. The summed E-state index contributed by atoms with van der Waals surface area (Å²) in [4.78, 5) is 22.6. The number of rotatable bonds is 6. The zero-order valence-corrected chi connectivity index (χ0v) is 17.3. The number of nitrogens with one attached hydrogen (secondary N) is 3. The molecule has 0 aliphatic heterocycles. The van der Waals surface area contributed by atoms with Crippen LogP contribution in [0.1, 0.15) is 5.56 Å². The second kappa shape index (κ2) is 9.88. The summed E-state index contributed by atoms with van der Waals surface area (Å²) < 4.78 is -1.90. The normalized spacial score (nSPS) is 12.0. The van der Waals surface area contributed by atoms with Gasteiger partial charge in [-0.1, -0.05) is 71.2 Å². The van der Waals surface area contributed by atoms with Gasteiger partial charge < -0.3 is 16.0 Å². The Labute approximate surface area is 181 Å². The van der Waals surface area contributed by atoms with Crippen LogP contribution in [0.15, 0.2) is 54.6 Å². The molecule has 2 aromatic rings. The molecule has 3 N–H and O–H groups in total. The fourth-order valence-electron chi connectivity index (χ4n) is 2.19. The van der Waals surface area contributed by atoms with Crippen molar-refractivity contribution in [2.24, 2.45) is 0 Å². The topological polar surface area (TPSA) is 96.3 Å². The summed E-state index contributed by atoms with van der Waals surface area (Å²) in [6.07, 6.45) is -1.04. The van der Waals surface area contributed by atoms with Gasteiger partial charge in [-0.05, 0) is 23.8 Å². The van der Waals surface area contributed by atoms with Gasteiger partial charge in [0.2, 0.25) is 9.70 Å². The van der Waals surface area contributed by atoms with Crippen LogP contribution in [0, 0.1) is 10.1 Å². The van der Waals surface area contributed by atoms with Gasteiger partial charge >= 0.3 is 0 Å². The molecule has 28 heavy (non-hydrogen) atoms. The molecule has 0 saturated heterocycles. The van der Waals surface area contributed by atoms with E-state index in [-0.39, 0.29) is 23.1 Å². The highest BCUT2D eigenvalue weighted by molar-refractivity contribution is 7.80. The van der Waals surface area contributed by atoms with Crippen molar-refractivity contribution in [1.82, 2.24) is 10.6 Å². The van der Waals surface area contributed by atoms with Gasteiger partial charge in [-0.15, -0.1) is 0 Å². The molecule has 0 heterocycles. The molecule has 0 fully saturated rings. The fraction of sp³-hybridized carbons (Fsp3) is 0.176. The Hall–Kier alpha value is -2.13. The predicted octanol–water partition coefficient (Wildman–Crippen LogP) is 3.94. The van der Waals surface area contributed by atoms with E-state index in [0.717, 1.165) is 5.56 Å². The van der Waals surface area contributed by atoms with Gasteiger partial charge in [0, 0.05) is 17.8 Å². The van der Waals surface area contributed by atoms with Crippen molar-refractivity contribution in [1.29, 1.82) is 0 Å². The molecule has 1 amide bonds. The molecule has 148 valence electrons. The SMILES string of the molecule is O=C(Cc1ccccc1)N[C@H](NC(=S)Nc1cccc([N+](=O)[O-])c1)C(Cl)(Cl)Cl. The molecule has 2 rings (SSSR count). The van der Waals surface area contributed by atoms with E-state index in [9.17, 15) is 14.9 Å². The van der Waals surface area contributed by atoms with Crippen LogP contribution in [0.25, 0.3) is 0 Å². The van der Waals surface area contributed by atoms with Gasteiger partial charge in [-0.3, -0.25) is 14.9 Å². The molecule has 0 aliphatic carbocycles. The van der Waals surface area contributed by atoms with E-state index < -0.39 is 14.9 Å². The number of hydrogen-bond acceptors (Lipinski definition) is 4. The van der Waals surface area contributed by atoms with Crippen molar-refractivity contribution >= 4 is 69.4 Å². The number of hydrogen-bond donors (Lipinski definition) is 3. The highest BCUT2D eigenvalue weighted by Crippen LogP contribution is 2.29. The number of alkyl halides is 3. The molecule has 0 aromatic heterocycles. The van der Waals surface area contributed by atoms with Crippen LogP contribution in [0.4, 0.5) is 11.4 Å². The standard InChI is InChI=1S/C17H15Cl3N4O3S/c18-17(19,20)15(22-14(25)9-11-5-2-1-3-6-11)23-16(28)21-12-7-4-8-13(10-12)24(26)27/h1-8,10,15H,9H2,(H,22,25)(H2,21,23,28)/t15-/m1/s1. The van der Waals surface area contributed by atoms with Crippen LogP contribution in [-0.2, 0) is 11.2 Å². The molecule has 0 radical (unpaired) electrons. The largest absolute Gasteiger partial charge is 0.339 e. The van der Waals surface area contributed by atoms with E-state index in [4.69, 9.17) is 47.0 Å². The maximum Gasteiger partial charge on any atom is 0.271 e. The summed E-state index contributed by atoms with van der Waals surface area (Å²) in [6.45, 7) is 0. The second-order valence-corrected chi connectivity index (χ2v) is 8.39. The number of non-ortho nitro benzene ring substituents is 1. The fourth-order valence-corrected chi connectivity index (χ4v) is 2.75. The third kappa shape index (κ3) is 7.12. The minimum atomic E-state index is -1.90. The number of nitro benzene ring substituents is 1. The van der Waals surface area contributed by atoms with E-state index in [1.807, 2.05) is 18.2 Å². The molecule has 7 nitrogen and oxygen atoms in total. The van der Waals surface area contributed by atoms with Crippen LogP contribution in [0.2, 0.25) is 0 Å². The highest BCUT2D eigenvalue weighted by atomic mass is 35.6. The summed E-state index contributed by atoms with van der Waals surface area (Å²) in [5, 5.41) is 18.9. The predicted molar refractivity (Wildman–Crippen MR) is 115 cm³/mol. The van der Waals surface area contributed by atoms with E-state index in [2.05, 4.69) is 16.0 Å². The van der Waals surface area contributed by atoms with Gasteiger partial charge in [0.15, 0.2) is 5.11 Å². The van der Waals surface area contributed by atoms with Gasteiger partial charge in [0.25, 0.3) is 5.69 Å².